The lowest BCUT2D eigenvalue weighted by molar-refractivity contribution is -0.137. The number of hydrogen-bond donors (Lipinski definition) is 1. The van der Waals surface area contributed by atoms with Gasteiger partial charge in [0.1, 0.15) is 17.3 Å². The Labute approximate surface area is 173 Å². The van der Waals surface area contributed by atoms with E-state index >= 15 is 0 Å². The number of allylic oxidation sites excluding steroid dienone is 3. The zero-order chi connectivity index (χ0) is 22.1. The van der Waals surface area contributed by atoms with E-state index in [0.29, 0.717) is 11.6 Å². The van der Waals surface area contributed by atoms with E-state index in [1.807, 2.05) is 0 Å². The lowest BCUT2D eigenvalue weighted by Crippen LogP contribution is -2.25. The van der Waals surface area contributed by atoms with Crippen LogP contribution >= 0.6 is 11.6 Å². The summed E-state index contributed by atoms with van der Waals surface area (Å²) < 4.78 is 58.4. The number of carbonyl (C=O) groups excluding carboxylic acids is 2. The molecule has 1 N–H and O–H groups in total. The van der Waals surface area contributed by atoms with Crippen molar-refractivity contribution in [1.82, 2.24) is 5.32 Å². The molecule has 0 saturated heterocycles. The first-order chi connectivity index (χ1) is 14.0. The largest absolute Gasteiger partial charge is 0.456 e. The van der Waals surface area contributed by atoms with Crippen molar-refractivity contribution < 1.29 is 31.9 Å². The highest BCUT2D eigenvalue weighted by Gasteiger charge is 2.32. The van der Waals surface area contributed by atoms with Gasteiger partial charge in [0, 0.05) is 23.2 Å². The van der Waals surface area contributed by atoms with Gasteiger partial charge in [-0.15, -0.1) is 0 Å². The predicted octanol–water partition coefficient (Wildman–Crippen LogP) is 5.65. The van der Waals surface area contributed by atoms with Gasteiger partial charge in [0.25, 0.3) is 5.91 Å². The van der Waals surface area contributed by atoms with Crippen molar-refractivity contribution in [3.05, 3.63) is 81.8 Å². The Morgan fingerprint density at radius 1 is 1.10 bits per heavy atom. The quantitative estimate of drug-likeness (QED) is 0.626. The molecule has 0 radical (unpaired) electrons. The Kier molecular flexibility index (Phi) is 5.98. The molecule has 156 valence electrons. The van der Waals surface area contributed by atoms with Crippen molar-refractivity contribution in [2.75, 3.05) is 0 Å². The number of nitrogens with one attached hydrogen (secondary N) is 1. The third-order valence-electron chi connectivity index (χ3n) is 4.14. The second kappa shape index (κ2) is 8.31. The van der Waals surface area contributed by atoms with Crippen LogP contribution in [0.25, 0.3) is 0 Å². The highest BCUT2D eigenvalue weighted by molar-refractivity contribution is 6.32. The van der Waals surface area contributed by atoms with Crippen LogP contribution in [0, 0.1) is 12.7 Å². The molecule has 0 aliphatic heterocycles. The number of carbonyl (C=O) groups is 2. The summed E-state index contributed by atoms with van der Waals surface area (Å²) >= 11 is 5.83. The fourth-order valence-corrected chi connectivity index (χ4v) is 2.99. The summed E-state index contributed by atoms with van der Waals surface area (Å²) in [5, 5.41) is 2.54. The molecule has 3 rings (SSSR count). The van der Waals surface area contributed by atoms with E-state index in [2.05, 4.69) is 5.32 Å². The molecule has 0 atom stereocenters. The Bertz CT molecular complexity index is 1090. The first-order valence-corrected chi connectivity index (χ1v) is 8.98. The normalized spacial score (nSPS) is 14.1. The number of hydrogen-bond acceptors (Lipinski definition) is 3. The van der Waals surface area contributed by atoms with Crippen molar-refractivity contribution in [2.24, 2.45) is 0 Å². The summed E-state index contributed by atoms with van der Waals surface area (Å²) in [6.45, 7) is 1.55. The third-order valence-corrected chi connectivity index (χ3v) is 4.38. The number of aryl methyl sites for hydroxylation is 1. The van der Waals surface area contributed by atoms with Crippen LogP contribution in [0.15, 0.2) is 59.3 Å². The van der Waals surface area contributed by atoms with Crippen molar-refractivity contribution in [2.45, 2.75) is 19.5 Å². The van der Waals surface area contributed by atoms with Crippen LogP contribution in [-0.4, -0.2) is 11.7 Å². The standard InChI is InChI=1S/C21H14ClF4NO3/c1-11-6-14(23)3-5-18(11)30-19-4-2-12(21(24,25)26)7-17(19)20(29)27-15-8-13(22)9-16(28)10-15/h2-8,10H,9H2,1H3,(H,27,29). The summed E-state index contributed by atoms with van der Waals surface area (Å²) in [6, 6.07) is 6.02. The fraction of sp³-hybridized carbons (Fsp3) is 0.143. The Morgan fingerprint density at radius 3 is 2.43 bits per heavy atom. The molecule has 1 amide bonds. The number of benzene rings is 2. The minimum absolute atomic E-state index is 0.0251. The molecule has 2 aromatic carbocycles. The van der Waals surface area contributed by atoms with E-state index in [9.17, 15) is 27.2 Å². The minimum Gasteiger partial charge on any atom is -0.456 e. The van der Waals surface area contributed by atoms with Crippen molar-refractivity contribution in [3.63, 3.8) is 0 Å². The average molecular weight is 440 g/mol. The predicted molar refractivity (Wildman–Crippen MR) is 102 cm³/mol. The van der Waals surface area contributed by atoms with Crippen LogP contribution in [0.4, 0.5) is 17.6 Å². The molecule has 0 bridgehead atoms. The van der Waals surface area contributed by atoms with Gasteiger partial charge >= 0.3 is 6.18 Å². The third kappa shape index (κ3) is 5.07. The summed E-state index contributed by atoms with van der Waals surface area (Å²) in [5.41, 5.74) is -1.05. The zero-order valence-electron chi connectivity index (χ0n) is 15.4. The van der Waals surface area contributed by atoms with Crippen LogP contribution in [-0.2, 0) is 11.0 Å². The van der Waals surface area contributed by atoms with Gasteiger partial charge < -0.3 is 10.1 Å². The molecule has 1 aliphatic carbocycles. The molecule has 0 spiro atoms. The Morgan fingerprint density at radius 2 is 1.80 bits per heavy atom. The monoisotopic (exact) mass is 439 g/mol. The number of ether oxygens (including phenoxy) is 1. The van der Waals surface area contributed by atoms with Gasteiger partial charge in [-0.2, -0.15) is 13.2 Å². The van der Waals surface area contributed by atoms with Gasteiger partial charge in [-0.1, -0.05) is 11.6 Å². The average Bonchev–Trinajstić information content (AvgIpc) is 2.62. The molecule has 0 aromatic heterocycles. The number of alkyl halides is 3. The highest BCUT2D eigenvalue weighted by Crippen LogP contribution is 2.35. The SMILES string of the molecule is Cc1cc(F)ccc1Oc1ccc(C(F)(F)F)cc1C(=O)NC1=CC(=O)CC(Cl)=C1. The molecule has 0 unspecified atom stereocenters. The minimum atomic E-state index is -4.69. The van der Waals surface area contributed by atoms with E-state index < -0.39 is 29.0 Å². The number of amides is 1. The number of ketones is 1. The maximum atomic E-state index is 13.3. The van der Waals surface area contributed by atoms with Gasteiger partial charge in [-0.3, -0.25) is 9.59 Å². The molecular formula is C21H14ClF4NO3. The van der Waals surface area contributed by atoms with Gasteiger partial charge in [0.2, 0.25) is 0 Å². The number of rotatable bonds is 4. The van der Waals surface area contributed by atoms with Crippen molar-refractivity contribution in [1.29, 1.82) is 0 Å². The van der Waals surface area contributed by atoms with E-state index in [1.54, 1.807) is 6.92 Å². The molecule has 30 heavy (non-hydrogen) atoms. The Hall–Kier alpha value is -3.13. The fourth-order valence-electron chi connectivity index (χ4n) is 2.74. The molecule has 0 fully saturated rings. The van der Waals surface area contributed by atoms with E-state index in [4.69, 9.17) is 16.3 Å². The van der Waals surface area contributed by atoms with Crippen LogP contribution in [0.1, 0.15) is 27.9 Å². The van der Waals surface area contributed by atoms with E-state index in [-0.39, 0.29) is 34.4 Å². The van der Waals surface area contributed by atoms with E-state index in [1.165, 1.54) is 18.2 Å². The second-order valence-corrected chi connectivity index (χ2v) is 6.99. The summed E-state index contributed by atoms with van der Waals surface area (Å²) in [4.78, 5) is 24.3. The molecule has 1 aliphatic rings. The first kappa shape index (κ1) is 21.6. The Balaban J connectivity index is 1.99. The van der Waals surface area contributed by atoms with Crippen LogP contribution in [0.5, 0.6) is 11.5 Å². The van der Waals surface area contributed by atoms with Gasteiger partial charge in [-0.25, -0.2) is 4.39 Å². The number of halogens is 5. The van der Waals surface area contributed by atoms with Gasteiger partial charge in [0.05, 0.1) is 11.1 Å². The van der Waals surface area contributed by atoms with Gasteiger partial charge in [0.15, 0.2) is 5.78 Å². The molecular weight excluding hydrogens is 426 g/mol. The zero-order valence-corrected chi connectivity index (χ0v) is 16.2. The van der Waals surface area contributed by atoms with Crippen molar-refractivity contribution >= 4 is 23.3 Å². The summed E-state index contributed by atoms with van der Waals surface area (Å²) in [7, 11) is 0. The maximum Gasteiger partial charge on any atom is 0.416 e. The topological polar surface area (TPSA) is 55.4 Å². The van der Waals surface area contributed by atoms with E-state index in [0.717, 1.165) is 24.3 Å². The molecule has 0 heterocycles. The van der Waals surface area contributed by atoms with Gasteiger partial charge in [-0.05, 0) is 55.0 Å². The first-order valence-electron chi connectivity index (χ1n) is 8.60. The molecule has 2 aromatic rings. The second-order valence-electron chi connectivity index (χ2n) is 6.51. The smallest absolute Gasteiger partial charge is 0.416 e. The summed E-state index contributed by atoms with van der Waals surface area (Å²) in [5.74, 6) is -1.81. The molecule has 9 heteroatoms. The molecule has 4 nitrogen and oxygen atoms in total. The molecule has 0 saturated carbocycles. The van der Waals surface area contributed by atoms with Crippen LogP contribution in [0.3, 0.4) is 0 Å². The maximum absolute atomic E-state index is 13.3. The van der Waals surface area contributed by atoms with Crippen LogP contribution < -0.4 is 10.1 Å². The van der Waals surface area contributed by atoms with Crippen LogP contribution in [0.2, 0.25) is 0 Å². The lowest BCUT2D eigenvalue weighted by Gasteiger charge is -2.16. The highest BCUT2D eigenvalue weighted by atomic mass is 35.5. The lowest BCUT2D eigenvalue weighted by atomic mass is 10.1. The summed E-state index contributed by atoms with van der Waals surface area (Å²) in [6.07, 6.45) is -2.26. The van der Waals surface area contributed by atoms with Crippen molar-refractivity contribution in [3.8, 4) is 11.5 Å².